The van der Waals surface area contributed by atoms with Crippen LogP contribution in [0, 0.1) is 23.7 Å². The van der Waals surface area contributed by atoms with Crippen LogP contribution in [0.25, 0.3) is 17.1 Å². The van der Waals surface area contributed by atoms with Crippen molar-refractivity contribution in [2.75, 3.05) is 26.2 Å². The van der Waals surface area contributed by atoms with Crippen molar-refractivity contribution >= 4 is 41.2 Å². The Labute approximate surface area is 515 Å². The molecule has 19 heteroatoms. The topological polar surface area (TPSA) is 261 Å². The van der Waals surface area contributed by atoms with E-state index in [0.29, 0.717) is 75.3 Å². The number of ether oxygens (including phenoxy) is 3. The number of phenols is 2. The van der Waals surface area contributed by atoms with E-state index in [1.54, 1.807) is 53.6 Å². The fourth-order valence-corrected chi connectivity index (χ4v) is 11.2. The molecule has 19 nitrogen and oxygen atoms in total. The summed E-state index contributed by atoms with van der Waals surface area (Å²) >= 11 is 0. The van der Waals surface area contributed by atoms with Gasteiger partial charge in [0.15, 0.2) is 23.2 Å². The summed E-state index contributed by atoms with van der Waals surface area (Å²) in [4.78, 5) is 99.3. The highest BCUT2D eigenvalue weighted by Crippen LogP contribution is 2.39. The number of hydrogen-bond acceptors (Lipinski definition) is 14. The van der Waals surface area contributed by atoms with Gasteiger partial charge in [-0.2, -0.15) is 0 Å². The van der Waals surface area contributed by atoms with Gasteiger partial charge in [0.2, 0.25) is 11.7 Å². The third-order valence-corrected chi connectivity index (χ3v) is 16.1. The first kappa shape index (κ1) is 65.3. The number of hydrogen-bond donors (Lipinski definition) is 5. The number of benzene rings is 5. The van der Waals surface area contributed by atoms with Gasteiger partial charge in [-0.25, -0.2) is 4.79 Å². The van der Waals surface area contributed by atoms with E-state index in [2.05, 4.69) is 26.1 Å². The van der Waals surface area contributed by atoms with Gasteiger partial charge in [0.05, 0.1) is 24.3 Å². The number of aromatic hydroxyl groups is 2. The van der Waals surface area contributed by atoms with Gasteiger partial charge in [0.1, 0.15) is 34.7 Å². The van der Waals surface area contributed by atoms with Crippen LogP contribution in [0.3, 0.4) is 0 Å². The number of nitrogens with zero attached hydrogens (tertiary/aromatic N) is 4. The lowest BCUT2D eigenvalue weighted by molar-refractivity contribution is -0.135. The number of phenolic OH excluding ortho intramolecular Hbond substituents is 2. The van der Waals surface area contributed by atoms with E-state index in [4.69, 9.17) is 14.2 Å². The molecule has 2 saturated heterocycles. The monoisotopic (exact) mass is 1200 g/mol. The molecule has 6 aromatic rings. The second-order valence-corrected chi connectivity index (χ2v) is 24.5. The van der Waals surface area contributed by atoms with Gasteiger partial charge >= 0.3 is 6.09 Å². The van der Waals surface area contributed by atoms with Gasteiger partial charge in [-0.05, 0) is 135 Å². The first-order chi connectivity index (χ1) is 42.1. The Morgan fingerprint density at radius 1 is 0.693 bits per heavy atom. The van der Waals surface area contributed by atoms with Crippen LogP contribution >= 0.6 is 0 Å². The van der Waals surface area contributed by atoms with E-state index < -0.39 is 53.3 Å². The number of rotatable bonds is 29. The summed E-state index contributed by atoms with van der Waals surface area (Å²) in [5.41, 5.74) is 2.51. The molecule has 466 valence electrons. The largest absolute Gasteiger partial charge is 0.508 e. The number of ketones is 3. The molecule has 2 aliphatic rings. The summed E-state index contributed by atoms with van der Waals surface area (Å²) in [5.74, 6) is -2.84. The molecule has 0 radical (unpaired) electrons. The second kappa shape index (κ2) is 29.8. The van der Waals surface area contributed by atoms with Gasteiger partial charge in [-0.3, -0.25) is 33.3 Å². The predicted molar refractivity (Wildman–Crippen MR) is 333 cm³/mol. The van der Waals surface area contributed by atoms with E-state index in [1.807, 2.05) is 102 Å². The predicted octanol–water partition coefficient (Wildman–Crippen LogP) is 10.3. The van der Waals surface area contributed by atoms with Gasteiger partial charge in [-0.1, -0.05) is 102 Å². The molecule has 2 aliphatic heterocycles. The van der Waals surface area contributed by atoms with Crippen LogP contribution in [-0.4, -0.2) is 121 Å². The molecule has 1 aromatic heterocycles. The smallest absolute Gasteiger partial charge is 0.415 e. The standard InChI is InChI=1S/C69H83N7O12/c1-9-70-67(84)64-74-73-63(55-39-54(44(6)7)58(77)40-59(55)78)76(64)50-23-27-51(28-24-50)87-53-30-32-75(33-31-53)68(85)88-52-25-21-47(22-26-52)65(82)71-56(29-20-45-16-12-10-13-17-45)60(79)38-49(35-43(4)5)66(83)72-57(36-46-18-14-11-15-19-46)61(80)37-48(34-42(2)3)62(81)69(8)41-86-69/h10-19,21-28,39-40,42-44,48-49,53,56-57,77-78H,9,20,29-38,41H2,1-8H3,(H,70,84)(H,71,82)(H,72,83)/t48-,49-,56+,57+,69-/m1/s1. The molecule has 0 unspecified atom stereocenters. The number of Topliss-reactive ketones (excluding diaryl/α,β-unsaturated/α-hetero) is 3. The van der Waals surface area contributed by atoms with Crippen LogP contribution in [0.2, 0.25) is 0 Å². The maximum absolute atomic E-state index is 14.6. The molecule has 3 heterocycles. The number of likely N-dealkylation sites (tertiary alicyclic amines) is 1. The average molecular weight is 1200 g/mol. The fourth-order valence-electron chi connectivity index (χ4n) is 11.2. The van der Waals surface area contributed by atoms with Gasteiger partial charge in [-0.15, -0.1) is 10.2 Å². The number of carbonyl (C=O) groups is 7. The molecule has 0 aliphatic carbocycles. The highest BCUT2D eigenvalue weighted by Gasteiger charge is 2.50. The number of aromatic nitrogens is 3. The van der Waals surface area contributed by atoms with Crippen LogP contribution in [0.4, 0.5) is 4.79 Å². The summed E-state index contributed by atoms with van der Waals surface area (Å²) in [6, 6.07) is 33.0. The van der Waals surface area contributed by atoms with Gasteiger partial charge in [0, 0.05) is 74.5 Å². The Bertz CT molecular complexity index is 3390. The minimum absolute atomic E-state index is 0.00150. The number of piperidine rings is 1. The van der Waals surface area contributed by atoms with Crippen molar-refractivity contribution in [1.82, 2.24) is 35.6 Å². The van der Waals surface area contributed by atoms with Crippen molar-refractivity contribution < 1.29 is 58.0 Å². The van der Waals surface area contributed by atoms with E-state index in [9.17, 15) is 43.8 Å². The maximum Gasteiger partial charge on any atom is 0.415 e. The summed E-state index contributed by atoms with van der Waals surface area (Å²) < 4.78 is 19.1. The van der Waals surface area contributed by atoms with Crippen LogP contribution in [0.5, 0.6) is 23.0 Å². The first-order valence-electron chi connectivity index (χ1n) is 30.7. The van der Waals surface area contributed by atoms with E-state index in [-0.39, 0.29) is 107 Å². The Kier molecular flexibility index (Phi) is 22.1. The molecule has 0 saturated carbocycles. The molecule has 2 fully saturated rings. The van der Waals surface area contributed by atoms with Crippen molar-refractivity contribution in [3.63, 3.8) is 0 Å². The second-order valence-electron chi connectivity index (χ2n) is 24.5. The summed E-state index contributed by atoms with van der Waals surface area (Å²) in [7, 11) is 0. The van der Waals surface area contributed by atoms with Crippen LogP contribution in [-0.2, 0) is 36.8 Å². The first-order valence-corrected chi connectivity index (χ1v) is 30.7. The maximum atomic E-state index is 14.6. The molecule has 5 aromatic carbocycles. The average Bonchev–Trinajstić information content (AvgIpc) is 2.13. The normalized spacial score (nSPS) is 16.3. The number of carbonyl (C=O) groups excluding carboxylic acids is 7. The number of aryl methyl sites for hydroxylation is 1. The quantitative estimate of drug-likeness (QED) is 0.0274. The van der Waals surface area contributed by atoms with E-state index >= 15 is 0 Å². The van der Waals surface area contributed by atoms with Crippen molar-refractivity contribution in [2.24, 2.45) is 23.7 Å². The Morgan fingerprint density at radius 2 is 1.28 bits per heavy atom. The minimum Gasteiger partial charge on any atom is -0.508 e. The zero-order valence-electron chi connectivity index (χ0n) is 51.6. The van der Waals surface area contributed by atoms with Crippen LogP contribution in [0.15, 0.2) is 121 Å². The van der Waals surface area contributed by atoms with Crippen molar-refractivity contribution in [1.29, 1.82) is 0 Å². The third kappa shape index (κ3) is 17.3. The number of epoxide rings is 1. The highest BCUT2D eigenvalue weighted by molar-refractivity contribution is 6.00. The summed E-state index contributed by atoms with van der Waals surface area (Å²) in [6.07, 6.45) is 1.68. The lowest BCUT2D eigenvalue weighted by Gasteiger charge is -2.31. The number of nitrogens with one attached hydrogen (secondary N) is 3. The van der Waals surface area contributed by atoms with E-state index in [1.165, 1.54) is 30.3 Å². The van der Waals surface area contributed by atoms with E-state index in [0.717, 1.165) is 11.1 Å². The van der Waals surface area contributed by atoms with Crippen molar-refractivity contribution in [2.45, 2.75) is 143 Å². The minimum atomic E-state index is -0.983. The van der Waals surface area contributed by atoms with Crippen molar-refractivity contribution in [3.8, 4) is 40.1 Å². The van der Waals surface area contributed by atoms with Crippen LogP contribution < -0.4 is 25.4 Å². The molecule has 88 heavy (non-hydrogen) atoms. The SMILES string of the molecule is CCNC(=O)c1nnc(-c2cc(C(C)C)c(O)cc2O)n1-c1ccc(OC2CCN(C(=O)Oc3ccc(C(=O)N[C@@H](CCc4ccccc4)C(=O)C[C@@H](CC(C)C)C(=O)N[C@@H](Cc4ccccc4)C(=O)C[C@@H](CC(C)C)C(=O)[C@@]4(C)CO4)cc3)CC2)cc1. The zero-order chi connectivity index (χ0) is 63.2. The molecule has 5 N–H and O–H groups in total. The van der Waals surface area contributed by atoms with Crippen LogP contribution in [0.1, 0.15) is 144 Å². The number of amides is 4. The molecule has 5 atom stereocenters. The molecular weight excluding hydrogens is 1120 g/mol. The molecule has 0 spiro atoms. The Morgan fingerprint density at radius 3 is 1.89 bits per heavy atom. The fraction of sp³-hybridized carbons (Fsp3) is 0.435. The lowest BCUT2D eigenvalue weighted by atomic mass is 9.82. The van der Waals surface area contributed by atoms with Gasteiger partial charge in [0.25, 0.3) is 11.8 Å². The summed E-state index contributed by atoms with van der Waals surface area (Å²) in [6.45, 7) is 16.6. The molecule has 4 amide bonds. The highest BCUT2D eigenvalue weighted by atomic mass is 16.6. The lowest BCUT2D eigenvalue weighted by Crippen LogP contribution is -2.48. The molecule has 8 rings (SSSR count). The zero-order valence-corrected chi connectivity index (χ0v) is 51.6. The Hall–Kier alpha value is -8.71. The van der Waals surface area contributed by atoms with Gasteiger partial charge < -0.3 is 45.3 Å². The molecular formula is C69H83N7O12. The van der Waals surface area contributed by atoms with Crippen molar-refractivity contribution in [3.05, 3.63) is 149 Å². The molecule has 0 bridgehead atoms. The third-order valence-electron chi connectivity index (χ3n) is 16.1. The Balaban J connectivity index is 0.884. The summed E-state index contributed by atoms with van der Waals surface area (Å²) in [5, 5.41) is 38.7.